The number of halogens is 3. The summed E-state index contributed by atoms with van der Waals surface area (Å²) in [5.74, 6) is -3.83. The topological polar surface area (TPSA) is 108 Å². The molecule has 1 aliphatic rings. The number of ether oxygens (including phenoxy) is 1. The Morgan fingerprint density at radius 3 is 2.39 bits per heavy atom. The van der Waals surface area contributed by atoms with Gasteiger partial charge in [-0.15, -0.1) is 0 Å². The largest absolute Gasteiger partial charge is 0.494 e. The summed E-state index contributed by atoms with van der Waals surface area (Å²) in [6.07, 6.45) is -1.08. The maximum Gasteiger partial charge on any atom is 0.238 e. The zero-order valence-electron chi connectivity index (χ0n) is 16.9. The van der Waals surface area contributed by atoms with E-state index in [1.807, 2.05) is 0 Å². The third kappa shape index (κ3) is 4.58. The van der Waals surface area contributed by atoms with E-state index in [0.29, 0.717) is 11.6 Å². The van der Waals surface area contributed by atoms with Crippen molar-refractivity contribution in [2.45, 2.75) is 37.0 Å². The summed E-state index contributed by atoms with van der Waals surface area (Å²) in [6.45, 7) is 1.03. The molecule has 31 heavy (non-hydrogen) atoms. The van der Waals surface area contributed by atoms with Crippen LogP contribution in [-0.4, -0.2) is 43.2 Å². The quantitative estimate of drug-likeness (QED) is 0.458. The summed E-state index contributed by atoms with van der Waals surface area (Å²) in [5, 5.41) is 21.2. The van der Waals surface area contributed by atoms with Crippen molar-refractivity contribution < 1.29 is 36.5 Å². The van der Waals surface area contributed by atoms with E-state index in [-0.39, 0.29) is 30.7 Å². The van der Waals surface area contributed by atoms with Crippen LogP contribution in [0.1, 0.15) is 24.8 Å². The van der Waals surface area contributed by atoms with Crippen LogP contribution in [0.5, 0.6) is 5.75 Å². The number of benzene rings is 2. The fraction of sp³-hybridized carbons (Fsp3) is 0.400. The van der Waals surface area contributed by atoms with Gasteiger partial charge in [0.25, 0.3) is 0 Å². The van der Waals surface area contributed by atoms with Gasteiger partial charge in [0, 0.05) is 6.07 Å². The highest BCUT2D eigenvalue weighted by atomic mass is 32.2. The number of aliphatic hydroxyl groups is 2. The number of anilines is 3. The minimum absolute atomic E-state index is 0.200. The van der Waals surface area contributed by atoms with Crippen molar-refractivity contribution in [3.63, 3.8) is 0 Å². The molecule has 0 aromatic heterocycles. The molecule has 11 heteroatoms. The Morgan fingerprint density at radius 2 is 1.84 bits per heavy atom. The standard InChI is InChI=1S/C20H23F3N2O5S/c1-11-3-4-15(13(21)7-11)24-19-17(23)14(22)8-16(30-2)18(19)25-31(28,29)20(5-6-20)9-12(27)10-26/h3-4,7-8,12,24-27H,5-6,9-10H2,1-2H3/t12-/m1/s1. The van der Waals surface area contributed by atoms with Crippen LogP contribution in [0, 0.1) is 24.4 Å². The van der Waals surface area contributed by atoms with Gasteiger partial charge < -0.3 is 20.3 Å². The fourth-order valence-electron chi connectivity index (χ4n) is 3.30. The molecule has 0 unspecified atom stereocenters. The van der Waals surface area contributed by atoms with Crippen molar-refractivity contribution in [3.8, 4) is 5.75 Å². The van der Waals surface area contributed by atoms with Crippen LogP contribution in [0.15, 0.2) is 24.3 Å². The number of hydrogen-bond acceptors (Lipinski definition) is 6. The second-order valence-electron chi connectivity index (χ2n) is 7.56. The minimum atomic E-state index is -4.22. The van der Waals surface area contributed by atoms with Gasteiger partial charge in [-0.3, -0.25) is 4.72 Å². The molecule has 0 radical (unpaired) electrons. The van der Waals surface area contributed by atoms with Crippen molar-refractivity contribution in [2.24, 2.45) is 0 Å². The van der Waals surface area contributed by atoms with E-state index >= 15 is 0 Å². The Bertz CT molecular complexity index is 1090. The Labute approximate surface area is 177 Å². The van der Waals surface area contributed by atoms with E-state index in [4.69, 9.17) is 9.84 Å². The monoisotopic (exact) mass is 460 g/mol. The summed E-state index contributed by atoms with van der Waals surface area (Å²) < 4.78 is 75.1. The van der Waals surface area contributed by atoms with E-state index in [9.17, 15) is 26.7 Å². The summed E-state index contributed by atoms with van der Waals surface area (Å²) in [6, 6.07) is 4.70. The van der Waals surface area contributed by atoms with Gasteiger partial charge in [0.2, 0.25) is 10.0 Å². The van der Waals surface area contributed by atoms with Crippen molar-refractivity contribution in [3.05, 3.63) is 47.3 Å². The smallest absolute Gasteiger partial charge is 0.238 e. The number of rotatable bonds is 9. The van der Waals surface area contributed by atoms with Gasteiger partial charge >= 0.3 is 0 Å². The zero-order chi connectivity index (χ0) is 23.0. The normalized spacial score (nSPS) is 16.0. The number of nitrogens with one attached hydrogen (secondary N) is 2. The Morgan fingerprint density at radius 1 is 1.16 bits per heavy atom. The lowest BCUT2D eigenvalue weighted by molar-refractivity contribution is 0.0858. The average Bonchev–Trinajstić information content (AvgIpc) is 3.50. The highest BCUT2D eigenvalue weighted by Crippen LogP contribution is 2.49. The van der Waals surface area contributed by atoms with Crippen molar-refractivity contribution in [1.29, 1.82) is 0 Å². The number of methoxy groups -OCH3 is 1. The van der Waals surface area contributed by atoms with Gasteiger partial charge in [-0.05, 0) is 43.9 Å². The molecular formula is C20H23F3N2O5S. The number of aryl methyl sites for hydroxylation is 1. The van der Waals surface area contributed by atoms with Crippen LogP contribution in [0.3, 0.4) is 0 Å². The van der Waals surface area contributed by atoms with Crippen LogP contribution in [0.4, 0.5) is 30.2 Å². The Kier molecular flexibility index (Phi) is 6.40. The molecule has 0 spiro atoms. The Hall–Kier alpha value is -2.50. The second-order valence-corrected chi connectivity index (χ2v) is 9.64. The Balaban J connectivity index is 2.06. The molecule has 0 saturated heterocycles. The summed E-state index contributed by atoms with van der Waals surface area (Å²) >= 11 is 0. The molecular weight excluding hydrogens is 437 g/mol. The molecule has 1 fully saturated rings. The highest BCUT2D eigenvalue weighted by Gasteiger charge is 2.55. The van der Waals surface area contributed by atoms with E-state index in [0.717, 1.165) is 7.11 Å². The van der Waals surface area contributed by atoms with Gasteiger partial charge in [0.1, 0.15) is 22.9 Å². The van der Waals surface area contributed by atoms with Crippen LogP contribution >= 0.6 is 0 Å². The molecule has 7 nitrogen and oxygen atoms in total. The predicted molar refractivity (Wildman–Crippen MR) is 110 cm³/mol. The molecule has 4 N–H and O–H groups in total. The van der Waals surface area contributed by atoms with Crippen LogP contribution < -0.4 is 14.8 Å². The molecule has 0 bridgehead atoms. The minimum Gasteiger partial charge on any atom is -0.494 e. The maximum atomic E-state index is 14.7. The van der Waals surface area contributed by atoms with Gasteiger partial charge in [0.15, 0.2) is 11.6 Å². The molecule has 3 rings (SSSR count). The third-order valence-corrected chi connectivity index (χ3v) is 7.41. The van der Waals surface area contributed by atoms with E-state index in [1.54, 1.807) is 13.0 Å². The second kappa shape index (κ2) is 8.56. The van der Waals surface area contributed by atoms with E-state index in [1.165, 1.54) is 12.1 Å². The lowest BCUT2D eigenvalue weighted by Gasteiger charge is -2.23. The van der Waals surface area contributed by atoms with Gasteiger partial charge in [-0.2, -0.15) is 0 Å². The molecule has 170 valence electrons. The molecule has 0 aliphatic heterocycles. The van der Waals surface area contributed by atoms with Crippen LogP contribution in [0.25, 0.3) is 0 Å². The van der Waals surface area contributed by atoms with Crippen LogP contribution in [0.2, 0.25) is 0 Å². The first kappa shape index (κ1) is 23.2. The molecule has 1 saturated carbocycles. The molecule has 1 aliphatic carbocycles. The summed E-state index contributed by atoms with van der Waals surface area (Å²) in [4.78, 5) is 0. The lowest BCUT2D eigenvalue weighted by atomic mass is 10.2. The van der Waals surface area contributed by atoms with E-state index in [2.05, 4.69) is 10.0 Å². The van der Waals surface area contributed by atoms with E-state index < -0.39 is 56.3 Å². The van der Waals surface area contributed by atoms with Gasteiger partial charge in [-0.1, -0.05) is 6.07 Å². The first-order chi connectivity index (χ1) is 14.5. The molecule has 2 aromatic carbocycles. The van der Waals surface area contributed by atoms with Crippen molar-refractivity contribution >= 4 is 27.1 Å². The molecule has 1 atom stereocenters. The zero-order valence-corrected chi connectivity index (χ0v) is 17.7. The van der Waals surface area contributed by atoms with Gasteiger partial charge in [0.05, 0.1) is 30.3 Å². The summed E-state index contributed by atoms with van der Waals surface area (Å²) in [5.41, 5.74) is -0.693. The molecule has 2 aromatic rings. The molecule has 0 heterocycles. The predicted octanol–water partition coefficient (Wildman–Crippen LogP) is 3.18. The van der Waals surface area contributed by atoms with Gasteiger partial charge in [-0.25, -0.2) is 21.6 Å². The van der Waals surface area contributed by atoms with Crippen molar-refractivity contribution in [2.75, 3.05) is 23.8 Å². The first-order valence-electron chi connectivity index (χ1n) is 9.44. The van der Waals surface area contributed by atoms with Crippen molar-refractivity contribution in [1.82, 2.24) is 0 Å². The van der Waals surface area contributed by atoms with Crippen LogP contribution in [-0.2, 0) is 10.0 Å². The summed E-state index contributed by atoms with van der Waals surface area (Å²) in [7, 11) is -3.08. The number of aliphatic hydroxyl groups excluding tert-OH is 2. The average molecular weight is 460 g/mol. The lowest BCUT2D eigenvalue weighted by Crippen LogP contribution is -2.34. The highest BCUT2D eigenvalue weighted by molar-refractivity contribution is 7.94. The third-order valence-electron chi connectivity index (χ3n) is 5.22. The SMILES string of the molecule is COc1cc(F)c(F)c(Nc2ccc(C)cc2F)c1NS(=O)(=O)C1(C[C@@H](O)CO)CC1. The molecule has 0 amide bonds. The first-order valence-corrected chi connectivity index (χ1v) is 10.9. The number of hydrogen-bond donors (Lipinski definition) is 4. The number of sulfonamides is 1. The maximum absolute atomic E-state index is 14.7. The fourth-order valence-corrected chi connectivity index (χ4v) is 5.04.